The van der Waals surface area contributed by atoms with Crippen molar-refractivity contribution in [1.29, 1.82) is 0 Å². The first kappa shape index (κ1) is 18.5. The van der Waals surface area contributed by atoms with Gasteiger partial charge in [0.1, 0.15) is 5.82 Å². The van der Waals surface area contributed by atoms with Crippen LogP contribution in [0.1, 0.15) is 24.8 Å². The minimum absolute atomic E-state index is 0. The number of methoxy groups -OCH3 is 1. The smallest absolute Gasteiger partial charge is 0.128 e. The Balaban J connectivity index is 0.00000192. The third kappa shape index (κ3) is 5.05. The molecule has 2 atom stereocenters. The number of fused-ring (bicyclic) bond motifs is 2. The molecule has 3 heterocycles. The molecule has 130 valence electrons. The second-order valence-electron chi connectivity index (χ2n) is 6.62. The molecule has 6 heteroatoms. The average molecular weight is 341 g/mol. The van der Waals surface area contributed by atoms with Crippen LogP contribution in [0.15, 0.2) is 18.3 Å². The molecule has 23 heavy (non-hydrogen) atoms. The van der Waals surface area contributed by atoms with Crippen LogP contribution in [-0.4, -0.2) is 62.4 Å². The van der Waals surface area contributed by atoms with Gasteiger partial charge in [-0.15, -0.1) is 12.4 Å². The van der Waals surface area contributed by atoms with Crippen molar-refractivity contribution in [3.05, 3.63) is 23.9 Å². The third-order valence-corrected chi connectivity index (χ3v) is 4.77. The lowest BCUT2D eigenvalue weighted by Gasteiger charge is -2.42. The summed E-state index contributed by atoms with van der Waals surface area (Å²) >= 11 is 0. The highest BCUT2D eigenvalue weighted by Gasteiger charge is 2.29. The van der Waals surface area contributed by atoms with Gasteiger partial charge in [0.25, 0.3) is 0 Å². The van der Waals surface area contributed by atoms with Crippen molar-refractivity contribution in [3.8, 4) is 0 Å². The lowest BCUT2D eigenvalue weighted by molar-refractivity contribution is 0.119. The van der Waals surface area contributed by atoms with Crippen molar-refractivity contribution in [1.82, 2.24) is 15.2 Å². The van der Waals surface area contributed by atoms with Crippen LogP contribution in [0, 0.1) is 0 Å². The molecule has 0 spiro atoms. The molecule has 2 saturated heterocycles. The molecule has 3 rings (SSSR count). The van der Waals surface area contributed by atoms with Crippen LogP contribution in [0.5, 0.6) is 0 Å². The molecule has 2 fully saturated rings. The van der Waals surface area contributed by atoms with Crippen molar-refractivity contribution in [2.75, 3.05) is 45.3 Å². The predicted octanol–water partition coefficient (Wildman–Crippen LogP) is 1.91. The first-order valence-electron chi connectivity index (χ1n) is 8.38. The van der Waals surface area contributed by atoms with E-state index in [1.54, 1.807) is 7.11 Å². The van der Waals surface area contributed by atoms with Crippen LogP contribution in [0.3, 0.4) is 0 Å². The number of ether oxygens (including phenoxy) is 1. The number of piperazine rings is 1. The van der Waals surface area contributed by atoms with E-state index in [2.05, 4.69) is 39.3 Å². The zero-order valence-corrected chi connectivity index (χ0v) is 15.0. The number of hydrogen-bond donors (Lipinski definition) is 1. The highest BCUT2D eigenvalue weighted by molar-refractivity contribution is 5.85. The van der Waals surface area contributed by atoms with Gasteiger partial charge >= 0.3 is 0 Å². The first-order valence-corrected chi connectivity index (χ1v) is 8.38. The van der Waals surface area contributed by atoms with Crippen LogP contribution < -0.4 is 10.2 Å². The predicted molar refractivity (Wildman–Crippen MR) is 96.5 cm³/mol. The Kier molecular flexibility index (Phi) is 7.09. The van der Waals surface area contributed by atoms with Crippen LogP contribution in [0.4, 0.5) is 5.82 Å². The third-order valence-electron chi connectivity index (χ3n) is 4.77. The summed E-state index contributed by atoms with van der Waals surface area (Å²) in [6.07, 6.45) is 6.07. The van der Waals surface area contributed by atoms with Crippen LogP contribution in [0.25, 0.3) is 0 Å². The van der Waals surface area contributed by atoms with Crippen molar-refractivity contribution in [3.63, 3.8) is 0 Å². The molecule has 1 aromatic rings. The number of aromatic nitrogens is 1. The van der Waals surface area contributed by atoms with Crippen LogP contribution in [-0.2, 0) is 11.3 Å². The largest absolute Gasteiger partial charge is 0.383 e. The van der Waals surface area contributed by atoms with Gasteiger partial charge in [-0.25, -0.2) is 4.98 Å². The second kappa shape index (κ2) is 8.83. The molecule has 5 nitrogen and oxygen atoms in total. The average Bonchev–Trinajstić information content (AvgIpc) is 2.53. The fraction of sp³-hybridized carbons (Fsp3) is 0.706. The molecule has 2 aliphatic rings. The van der Waals surface area contributed by atoms with Crippen LogP contribution >= 0.6 is 12.4 Å². The quantitative estimate of drug-likeness (QED) is 0.856. The lowest BCUT2D eigenvalue weighted by Crippen LogP contribution is -2.58. The van der Waals surface area contributed by atoms with E-state index < -0.39 is 0 Å². The molecule has 2 bridgehead atoms. The zero-order valence-electron chi connectivity index (χ0n) is 14.2. The fourth-order valence-electron chi connectivity index (χ4n) is 3.56. The van der Waals surface area contributed by atoms with Crippen molar-refractivity contribution < 1.29 is 4.74 Å². The van der Waals surface area contributed by atoms with E-state index in [0.717, 1.165) is 25.5 Å². The number of anilines is 1. The van der Waals surface area contributed by atoms with Gasteiger partial charge in [0.15, 0.2) is 0 Å². The maximum absolute atomic E-state index is 5.11. The van der Waals surface area contributed by atoms with Crippen molar-refractivity contribution >= 4 is 18.2 Å². The Hall–Kier alpha value is -0.880. The molecule has 0 aromatic carbocycles. The number of likely N-dealkylation sites (N-methyl/N-ethyl adjacent to an activating group) is 1. The number of piperidine rings is 1. The topological polar surface area (TPSA) is 40.6 Å². The maximum atomic E-state index is 5.11. The van der Waals surface area contributed by atoms with Gasteiger partial charge in [-0.3, -0.25) is 4.90 Å². The summed E-state index contributed by atoms with van der Waals surface area (Å²) < 4.78 is 5.11. The monoisotopic (exact) mass is 340 g/mol. The summed E-state index contributed by atoms with van der Waals surface area (Å²) in [5.74, 6) is 1.01. The van der Waals surface area contributed by atoms with Gasteiger partial charge in [-0.05, 0) is 24.5 Å². The maximum Gasteiger partial charge on any atom is 0.128 e. The van der Waals surface area contributed by atoms with Gasteiger partial charge in [0.2, 0.25) is 0 Å². The molecule has 0 amide bonds. The molecular weight excluding hydrogens is 312 g/mol. The number of rotatable bonds is 6. The summed E-state index contributed by atoms with van der Waals surface area (Å²) in [4.78, 5) is 9.30. The fourth-order valence-corrected chi connectivity index (χ4v) is 3.56. The minimum atomic E-state index is 0. The summed E-state index contributed by atoms with van der Waals surface area (Å²) in [6.45, 7) is 4.95. The van der Waals surface area contributed by atoms with E-state index in [1.165, 1.54) is 37.9 Å². The Labute approximate surface area is 145 Å². The number of hydrogen-bond acceptors (Lipinski definition) is 5. The molecule has 2 unspecified atom stereocenters. The van der Waals surface area contributed by atoms with Gasteiger partial charge in [0.05, 0.1) is 6.61 Å². The molecule has 0 aliphatic carbocycles. The number of halogens is 1. The first-order chi connectivity index (χ1) is 10.7. The standard InChI is InChI=1S/C17H28N4O.ClH/c1-20(8-9-22-2)17-7-6-14(10-18-17)11-21-12-15-4-3-5-16(13-21)19-15;/h6-7,10,15-16,19H,3-5,8-9,11-13H2,1-2H3;1H. The van der Waals surface area contributed by atoms with Gasteiger partial charge < -0.3 is 15.0 Å². The number of likely N-dealkylation sites (tertiary alicyclic amines) is 1. The molecule has 1 N–H and O–H groups in total. The van der Waals surface area contributed by atoms with E-state index in [1.807, 2.05) is 6.20 Å². The molecule has 2 aliphatic heterocycles. The van der Waals surface area contributed by atoms with E-state index >= 15 is 0 Å². The molecule has 0 radical (unpaired) electrons. The Morgan fingerprint density at radius 3 is 2.65 bits per heavy atom. The van der Waals surface area contributed by atoms with Crippen molar-refractivity contribution in [2.24, 2.45) is 0 Å². The minimum Gasteiger partial charge on any atom is -0.383 e. The summed E-state index contributed by atoms with van der Waals surface area (Å²) in [5.41, 5.74) is 1.31. The van der Waals surface area contributed by atoms with E-state index in [4.69, 9.17) is 4.74 Å². The summed E-state index contributed by atoms with van der Waals surface area (Å²) in [6, 6.07) is 5.72. The van der Waals surface area contributed by atoms with Gasteiger partial charge in [-0.1, -0.05) is 12.5 Å². The van der Waals surface area contributed by atoms with Crippen molar-refractivity contribution in [2.45, 2.75) is 37.9 Å². The highest BCUT2D eigenvalue weighted by atomic mass is 35.5. The second-order valence-corrected chi connectivity index (χ2v) is 6.62. The summed E-state index contributed by atoms with van der Waals surface area (Å²) in [5, 5.41) is 3.74. The number of pyridine rings is 1. The SMILES string of the molecule is COCCN(C)c1ccc(CN2CC3CCCC(C2)N3)cn1.Cl. The highest BCUT2D eigenvalue weighted by Crippen LogP contribution is 2.21. The van der Waals surface area contributed by atoms with Crippen LogP contribution in [0.2, 0.25) is 0 Å². The Morgan fingerprint density at radius 1 is 1.30 bits per heavy atom. The molecule has 1 aromatic heterocycles. The van der Waals surface area contributed by atoms with Gasteiger partial charge in [0, 0.05) is 58.6 Å². The molecular formula is C17H29ClN4O. The van der Waals surface area contributed by atoms with E-state index in [9.17, 15) is 0 Å². The van der Waals surface area contributed by atoms with E-state index in [0.29, 0.717) is 12.1 Å². The number of nitrogens with zero attached hydrogens (tertiary/aromatic N) is 3. The number of nitrogens with one attached hydrogen (secondary N) is 1. The Morgan fingerprint density at radius 2 is 2.04 bits per heavy atom. The summed E-state index contributed by atoms with van der Waals surface area (Å²) in [7, 11) is 3.78. The molecule has 0 saturated carbocycles. The zero-order chi connectivity index (χ0) is 15.4. The normalized spacial score (nSPS) is 24.1. The van der Waals surface area contributed by atoms with E-state index in [-0.39, 0.29) is 12.4 Å². The lowest BCUT2D eigenvalue weighted by atomic mass is 9.94. The Bertz CT molecular complexity index is 458. The van der Waals surface area contributed by atoms with Gasteiger partial charge in [-0.2, -0.15) is 0 Å².